The summed E-state index contributed by atoms with van der Waals surface area (Å²) in [6.45, 7) is 3.88. The molecule has 0 aromatic carbocycles. The monoisotopic (exact) mass is 286 g/mol. The van der Waals surface area contributed by atoms with Crippen LogP contribution in [0.25, 0.3) is 5.70 Å². The molecule has 1 saturated heterocycles. The van der Waals surface area contributed by atoms with Crippen LogP contribution in [0.5, 0.6) is 0 Å². The van der Waals surface area contributed by atoms with Crippen LogP contribution in [0.1, 0.15) is 31.7 Å². The largest absolute Gasteiger partial charge is 0.394 e. The van der Waals surface area contributed by atoms with Gasteiger partial charge in [0, 0.05) is 42.2 Å². The van der Waals surface area contributed by atoms with Gasteiger partial charge in [-0.2, -0.15) is 0 Å². The molecule has 1 aromatic heterocycles. The lowest BCUT2D eigenvalue weighted by molar-refractivity contribution is 0.199. The van der Waals surface area contributed by atoms with Crippen molar-refractivity contribution in [3.8, 4) is 0 Å². The average molecular weight is 286 g/mol. The maximum absolute atomic E-state index is 9.59. The van der Waals surface area contributed by atoms with Crippen LogP contribution in [0.4, 0.5) is 0 Å². The van der Waals surface area contributed by atoms with Gasteiger partial charge in [0.15, 0.2) is 0 Å². The Labute approximate surface area is 124 Å². The fraction of sp³-hybridized carbons (Fsp3) is 0.500. The molecule has 0 aliphatic carbocycles. The minimum absolute atomic E-state index is 0.196. The second-order valence-corrected chi connectivity index (χ2v) is 5.59. The van der Waals surface area contributed by atoms with Gasteiger partial charge >= 0.3 is 0 Å². The van der Waals surface area contributed by atoms with E-state index in [2.05, 4.69) is 14.9 Å². The number of nitrogens with zero attached hydrogens (tertiary/aromatic N) is 2. The summed E-state index contributed by atoms with van der Waals surface area (Å²) in [6.07, 6.45) is 8.62. The summed E-state index contributed by atoms with van der Waals surface area (Å²) in [6, 6.07) is 0.213. The molecule has 1 atom stereocenters. The zero-order chi connectivity index (χ0) is 14.8. The van der Waals surface area contributed by atoms with Gasteiger partial charge in [0.25, 0.3) is 0 Å². The van der Waals surface area contributed by atoms with Crippen molar-refractivity contribution in [1.82, 2.24) is 9.88 Å². The highest BCUT2D eigenvalue weighted by atomic mass is 16.3. The first kappa shape index (κ1) is 14.1. The van der Waals surface area contributed by atoms with Crippen LogP contribution in [0.15, 0.2) is 23.3 Å². The standard InChI is InChI=1S/C16H22N4O/c1-2-4-13(17)12-9-19-16-15(12)14(6-7-18-16)20-8-3-5-11(20)10-21/h2,4,9,11,17,21H,3,5-8,10H2,1H3,(H,18,19). The third-order valence-corrected chi connectivity index (χ3v) is 4.32. The maximum Gasteiger partial charge on any atom is 0.134 e. The van der Waals surface area contributed by atoms with E-state index in [1.165, 1.54) is 5.70 Å². The molecule has 2 aliphatic rings. The van der Waals surface area contributed by atoms with Crippen LogP contribution >= 0.6 is 0 Å². The number of hydrogen-bond donors (Lipinski definition) is 3. The van der Waals surface area contributed by atoms with Gasteiger partial charge in [0.05, 0.1) is 18.4 Å². The Balaban J connectivity index is 2.16. The molecule has 2 aliphatic heterocycles. The summed E-state index contributed by atoms with van der Waals surface area (Å²) in [7, 11) is 0. The fourth-order valence-corrected chi connectivity index (χ4v) is 3.36. The molecule has 0 amide bonds. The number of aromatic amines is 1. The number of H-pyrrole nitrogens is 1. The summed E-state index contributed by atoms with van der Waals surface area (Å²) in [5.41, 5.74) is 3.53. The van der Waals surface area contributed by atoms with Crippen molar-refractivity contribution in [3.63, 3.8) is 0 Å². The van der Waals surface area contributed by atoms with Crippen molar-refractivity contribution in [3.05, 3.63) is 34.6 Å². The highest BCUT2D eigenvalue weighted by molar-refractivity contribution is 6.06. The lowest BCUT2D eigenvalue weighted by Gasteiger charge is -2.29. The summed E-state index contributed by atoms with van der Waals surface area (Å²) < 4.78 is 0. The highest BCUT2D eigenvalue weighted by Gasteiger charge is 2.27. The molecule has 112 valence electrons. The molecule has 5 heteroatoms. The van der Waals surface area contributed by atoms with Crippen LogP contribution in [0, 0.1) is 5.41 Å². The number of rotatable bonds is 4. The Bertz CT molecular complexity index is 686. The van der Waals surface area contributed by atoms with Gasteiger partial charge in [-0.25, -0.2) is 0 Å². The third kappa shape index (κ3) is 2.42. The lowest BCUT2D eigenvalue weighted by atomic mass is 10.1. The van der Waals surface area contributed by atoms with Crippen molar-refractivity contribution in [2.24, 2.45) is 4.99 Å². The fourth-order valence-electron chi connectivity index (χ4n) is 3.36. The molecule has 1 aromatic rings. The first-order chi connectivity index (χ1) is 10.3. The molecule has 0 radical (unpaired) electrons. The minimum Gasteiger partial charge on any atom is -0.394 e. The third-order valence-electron chi connectivity index (χ3n) is 4.32. The average Bonchev–Trinajstić information content (AvgIpc) is 3.13. The summed E-state index contributed by atoms with van der Waals surface area (Å²) in [5.74, 6) is 0. The van der Waals surface area contributed by atoms with Gasteiger partial charge in [-0.15, -0.1) is 0 Å². The molecule has 0 bridgehead atoms. The molecule has 21 heavy (non-hydrogen) atoms. The van der Waals surface area contributed by atoms with Crippen molar-refractivity contribution in [1.29, 1.82) is 5.41 Å². The maximum atomic E-state index is 9.59. The first-order valence-electron chi connectivity index (χ1n) is 7.60. The Morgan fingerprint density at radius 3 is 3.24 bits per heavy atom. The summed E-state index contributed by atoms with van der Waals surface area (Å²) >= 11 is 0. The molecular formula is C16H22N4O. The topological polar surface area (TPSA) is 75.5 Å². The molecular weight excluding hydrogens is 264 g/mol. The smallest absolute Gasteiger partial charge is 0.134 e. The Morgan fingerprint density at radius 1 is 1.62 bits per heavy atom. The van der Waals surface area contributed by atoms with E-state index in [-0.39, 0.29) is 12.6 Å². The predicted octanol–water partition coefficient (Wildman–Crippen LogP) is 0.547. The van der Waals surface area contributed by atoms with E-state index < -0.39 is 0 Å². The number of likely N-dealkylation sites (tertiary alicyclic amines) is 1. The lowest BCUT2D eigenvalue weighted by Crippen LogP contribution is -2.42. The van der Waals surface area contributed by atoms with E-state index in [0.29, 0.717) is 5.71 Å². The molecule has 1 unspecified atom stereocenters. The van der Waals surface area contributed by atoms with E-state index >= 15 is 0 Å². The van der Waals surface area contributed by atoms with Crippen molar-refractivity contribution >= 4 is 11.4 Å². The Morgan fingerprint density at radius 2 is 2.48 bits per heavy atom. The van der Waals surface area contributed by atoms with E-state index in [1.807, 2.05) is 25.3 Å². The molecule has 3 N–H and O–H groups in total. The van der Waals surface area contributed by atoms with E-state index in [0.717, 1.165) is 48.6 Å². The first-order valence-corrected chi connectivity index (χ1v) is 7.60. The quantitative estimate of drug-likeness (QED) is 0.707. The summed E-state index contributed by atoms with van der Waals surface area (Å²) in [5, 5.41) is 18.9. The van der Waals surface area contributed by atoms with Crippen LogP contribution in [-0.4, -0.2) is 46.4 Å². The number of fused-ring (bicyclic) bond motifs is 1. The number of hydrogen-bond acceptors (Lipinski definition) is 4. The van der Waals surface area contributed by atoms with Gasteiger partial charge in [-0.3, -0.25) is 4.99 Å². The van der Waals surface area contributed by atoms with E-state index in [9.17, 15) is 5.11 Å². The number of allylic oxidation sites excluding steroid dienone is 2. The number of aliphatic hydroxyl groups is 1. The van der Waals surface area contributed by atoms with E-state index in [1.54, 1.807) is 0 Å². The van der Waals surface area contributed by atoms with Crippen molar-refractivity contribution in [2.75, 3.05) is 19.7 Å². The number of nitrogens with one attached hydrogen (secondary N) is 2. The van der Waals surface area contributed by atoms with Crippen LogP contribution in [0.3, 0.4) is 0 Å². The highest BCUT2D eigenvalue weighted by Crippen LogP contribution is 2.24. The number of aliphatic hydroxyl groups excluding tert-OH is 1. The summed E-state index contributed by atoms with van der Waals surface area (Å²) in [4.78, 5) is 10.1. The van der Waals surface area contributed by atoms with Crippen LogP contribution in [-0.2, 0) is 0 Å². The molecule has 1 fully saturated rings. The predicted molar refractivity (Wildman–Crippen MR) is 82.9 cm³/mol. The Kier molecular flexibility index (Phi) is 3.92. The van der Waals surface area contributed by atoms with Crippen LogP contribution in [0.2, 0.25) is 0 Å². The Hall–Kier alpha value is -1.88. The zero-order valence-corrected chi connectivity index (χ0v) is 12.4. The van der Waals surface area contributed by atoms with Gasteiger partial charge < -0.3 is 20.4 Å². The van der Waals surface area contributed by atoms with Crippen LogP contribution < -0.4 is 10.7 Å². The molecule has 0 spiro atoms. The van der Waals surface area contributed by atoms with Crippen molar-refractivity contribution < 1.29 is 5.11 Å². The second-order valence-electron chi connectivity index (χ2n) is 5.59. The number of aromatic nitrogens is 1. The molecule has 3 rings (SSSR count). The zero-order valence-electron chi connectivity index (χ0n) is 12.4. The van der Waals surface area contributed by atoms with Gasteiger partial charge in [-0.05, 0) is 25.8 Å². The van der Waals surface area contributed by atoms with E-state index in [4.69, 9.17) is 5.41 Å². The van der Waals surface area contributed by atoms with Crippen molar-refractivity contribution in [2.45, 2.75) is 32.2 Å². The van der Waals surface area contributed by atoms with Gasteiger partial charge in [0.1, 0.15) is 5.49 Å². The second kappa shape index (κ2) is 5.85. The molecule has 0 saturated carbocycles. The van der Waals surface area contributed by atoms with Gasteiger partial charge in [0.2, 0.25) is 0 Å². The normalized spacial score (nSPS) is 21.7. The molecule has 5 nitrogen and oxygen atoms in total. The minimum atomic E-state index is 0.196. The van der Waals surface area contributed by atoms with Gasteiger partial charge in [-0.1, -0.05) is 6.08 Å². The SMILES string of the molecule is CC=CC(=N)c1c[nH]c2c1=C(N1CCCC1CO)CCN=2. The molecule has 3 heterocycles.